The number of hydrogen-bond acceptors (Lipinski definition) is 7. The van der Waals surface area contributed by atoms with E-state index < -0.39 is 19.9 Å². The third kappa shape index (κ3) is 27.8. The van der Waals surface area contributed by atoms with Crippen LogP contribution < -0.4 is 4.89 Å². The number of rotatable bonds is 25. The summed E-state index contributed by atoms with van der Waals surface area (Å²) in [5.41, 5.74) is 0. The van der Waals surface area contributed by atoms with E-state index in [1.54, 1.807) is 6.92 Å². The van der Waals surface area contributed by atoms with E-state index in [0.29, 0.717) is 17.6 Å². The highest BCUT2D eigenvalue weighted by Crippen LogP contribution is 2.38. The van der Waals surface area contributed by atoms with E-state index in [1.807, 2.05) is 21.1 Å². The van der Waals surface area contributed by atoms with E-state index in [4.69, 9.17) is 18.5 Å². The molecule has 40 heavy (non-hydrogen) atoms. The largest absolute Gasteiger partial charge is 0.756 e. The number of esters is 1. The Morgan fingerprint density at radius 1 is 0.775 bits per heavy atom. The standard InChI is InChI=1S/C31H54NO7P/c1-6-8-9-10-11-12-13-14-15-16-17-18-19-20-21-22-23-24-26-36-28-30(39-31(33)7-2)29-38-40(34,35)37-27-25-32(3,4)5/h8-9,11-12,14-15,17-18,20-21,30H,6-7,10,13,16,19,22-29H2,1-5H3/b9-8-,12-11-,15-14-,18-17-,21-20-. The van der Waals surface area contributed by atoms with Crippen molar-refractivity contribution in [3.05, 3.63) is 60.8 Å². The second kappa shape index (κ2) is 25.0. The monoisotopic (exact) mass is 583 g/mol. The summed E-state index contributed by atoms with van der Waals surface area (Å²) in [5, 5.41) is 0. The van der Waals surface area contributed by atoms with E-state index in [1.165, 1.54) is 0 Å². The number of carbonyl (C=O) groups excluding carboxylic acids is 1. The molecule has 0 fully saturated rings. The van der Waals surface area contributed by atoms with Crippen molar-refractivity contribution in [3.63, 3.8) is 0 Å². The number of likely N-dealkylation sites (N-methyl/N-ethyl adjacent to an activating group) is 1. The van der Waals surface area contributed by atoms with Crippen LogP contribution in [-0.4, -0.2) is 70.7 Å². The number of quaternary nitrogens is 1. The lowest BCUT2D eigenvalue weighted by atomic mass is 10.2. The van der Waals surface area contributed by atoms with Gasteiger partial charge in [-0.05, 0) is 51.4 Å². The van der Waals surface area contributed by atoms with Crippen LogP contribution in [-0.2, 0) is 27.9 Å². The SMILES string of the molecule is CC/C=C\C/C=C\C/C=C\C/C=C\C/C=C\CCCCOCC(COP(=O)([O-])OCC[N+](C)(C)C)OC(=O)CC. The summed E-state index contributed by atoms with van der Waals surface area (Å²) < 4.78 is 33.3. The molecule has 0 aromatic heterocycles. The van der Waals surface area contributed by atoms with Crippen LogP contribution in [0, 0.1) is 0 Å². The van der Waals surface area contributed by atoms with E-state index in [0.717, 1.165) is 51.4 Å². The van der Waals surface area contributed by atoms with Crippen molar-refractivity contribution in [3.8, 4) is 0 Å². The minimum absolute atomic E-state index is 0.0120. The number of carbonyl (C=O) groups is 1. The van der Waals surface area contributed by atoms with Crippen LogP contribution >= 0.6 is 7.82 Å². The van der Waals surface area contributed by atoms with Gasteiger partial charge in [-0.15, -0.1) is 0 Å². The van der Waals surface area contributed by atoms with Crippen molar-refractivity contribution in [1.29, 1.82) is 0 Å². The van der Waals surface area contributed by atoms with Gasteiger partial charge in [0.15, 0.2) is 0 Å². The van der Waals surface area contributed by atoms with Crippen molar-refractivity contribution in [2.24, 2.45) is 0 Å². The molecule has 0 spiro atoms. The van der Waals surface area contributed by atoms with Crippen LogP contribution in [0.4, 0.5) is 0 Å². The molecular weight excluding hydrogens is 529 g/mol. The molecule has 0 rings (SSSR count). The highest BCUT2D eigenvalue weighted by Gasteiger charge is 2.19. The fourth-order valence-corrected chi connectivity index (χ4v) is 3.80. The second-order valence-electron chi connectivity index (χ2n) is 10.3. The van der Waals surface area contributed by atoms with Gasteiger partial charge in [-0.1, -0.05) is 74.6 Å². The third-order valence-electron chi connectivity index (χ3n) is 5.39. The maximum absolute atomic E-state index is 12.0. The first-order valence-corrected chi connectivity index (χ1v) is 16.0. The van der Waals surface area contributed by atoms with Crippen molar-refractivity contribution in [1.82, 2.24) is 0 Å². The van der Waals surface area contributed by atoms with E-state index >= 15 is 0 Å². The summed E-state index contributed by atoms with van der Waals surface area (Å²) in [4.78, 5) is 23.7. The topological polar surface area (TPSA) is 94.1 Å². The Kier molecular flexibility index (Phi) is 23.8. The van der Waals surface area contributed by atoms with Crippen LogP contribution in [0.1, 0.15) is 71.6 Å². The minimum atomic E-state index is -4.49. The molecule has 9 heteroatoms. The molecule has 0 radical (unpaired) electrons. The quantitative estimate of drug-likeness (QED) is 0.0401. The summed E-state index contributed by atoms with van der Waals surface area (Å²) in [6, 6.07) is 0. The first kappa shape index (κ1) is 38.2. The molecule has 0 N–H and O–H groups in total. The molecule has 0 aromatic rings. The number of allylic oxidation sites excluding steroid dienone is 10. The fraction of sp³-hybridized carbons (Fsp3) is 0.645. The Morgan fingerprint density at radius 3 is 1.85 bits per heavy atom. The molecule has 0 amide bonds. The second-order valence-corrected chi connectivity index (χ2v) is 11.7. The first-order chi connectivity index (χ1) is 19.1. The Bertz CT molecular complexity index is 828. The van der Waals surface area contributed by atoms with Crippen molar-refractivity contribution in [2.45, 2.75) is 77.7 Å². The Hall–Kier alpha value is -1.80. The van der Waals surface area contributed by atoms with Gasteiger partial charge in [0, 0.05) is 13.0 Å². The minimum Gasteiger partial charge on any atom is -0.756 e. The lowest BCUT2D eigenvalue weighted by molar-refractivity contribution is -0.870. The van der Waals surface area contributed by atoms with Gasteiger partial charge >= 0.3 is 5.97 Å². The van der Waals surface area contributed by atoms with Gasteiger partial charge in [0.05, 0.1) is 34.4 Å². The van der Waals surface area contributed by atoms with Crippen molar-refractivity contribution in [2.75, 3.05) is 54.1 Å². The van der Waals surface area contributed by atoms with Crippen LogP contribution in [0.15, 0.2) is 60.8 Å². The average Bonchev–Trinajstić information content (AvgIpc) is 2.89. The molecule has 0 aromatic carbocycles. The molecule has 0 saturated heterocycles. The van der Waals surface area contributed by atoms with Gasteiger partial charge in [-0.25, -0.2) is 0 Å². The zero-order valence-electron chi connectivity index (χ0n) is 25.5. The number of phosphoric acid groups is 1. The molecule has 2 unspecified atom stereocenters. The Morgan fingerprint density at radius 2 is 1.32 bits per heavy atom. The molecule has 8 nitrogen and oxygen atoms in total. The lowest BCUT2D eigenvalue weighted by Crippen LogP contribution is -2.37. The highest BCUT2D eigenvalue weighted by molar-refractivity contribution is 7.45. The van der Waals surface area contributed by atoms with Gasteiger partial charge in [-0.2, -0.15) is 0 Å². The summed E-state index contributed by atoms with van der Waals surface area (Å²) >= 11 is 0. The van der Waals surface area contributed by atoms with Crippen molar-refractivity contribution < 1.29 is 37.3 Å². The first-order valence-electron chi connectivity index (χ1n) is 14.5. The fourth-order valence-electron chi connectivity index (χ4n) is 3.07. The van der Waals surface area contributed by atoms with Crippen molar-refractivity contribution >= 4 is 13.8 Å². The van der Waals surface area contributed by atoms with Crippen LogP contribution in [0.2, 0.25) is 0 Å². The van der Waals surface area contributed by atoms with Gasteiger partial charge in [0.25, 0.3) is 7.82 Å². The summed E-state index contributed by atoms with van der Waals surface area (Å²) in [7, 11) is 1.30. The van der Waals surface area contributed by atoms with Gasteiger partial charge < -0.3 is 27.9 Å². The summed E-state index contributed by atoms with van der Waals surface area (Å²) in [5.74, 6) is -0.442. The number of nitrogens with zero attached hydrogens (tertiary/aromatic N) is 1. The Labute approximate surface area is 243 Å². The van der Waals surface area contributed by atoms with Gasteiger partial charge in [0.1, 0.15) is 19.3 Å². The average molecular weight is 584 g/mol. The molecule has 0 heterocycles. The highest BCUT2D eigenvalue weighted by atomic mass is 31.2. The number of phosphoric ester groups is 1. The predicted octanol–water partition coefficient (Wildman–Crippen LogP) is 6.45. The van der Waals surface area contributed by atoms with Crippen LogP contribution in [0.25, 0.3) is 0 Å². The molecule has 230 valence electrons. The zero-order chi connectivity index (χ0) is 30.0. The maximum Gasteiger partial charge on any atom is 0.305 e. The molecule has 0 aliphatic rings. The van der Waals surface area contributed by atoms with Crippen LogP contribution in [0.5, 0.6) is 0 Å². The molecular formula is C31H54NO7P. The summed E-state index contributed by atoms with van der Waals surface area (Å²) in [6.45, 7) is 4.54. The molecule has 0 aliphatic carbocycles. The number of ether oxygens (including phenoxy) is 2. The number of unbranched alkanes of at least 4 members (excludes halogenated alkanes) is 2. The predicted molar refractivity (Wildman–Crippen MR) is 162 cm³/mol. The van der Waals surface area contributed by atoms with E-state index in [-0.39, 0.29) is 26.2 Å². The third-order valence-corrected chi connectivity index (χ3v) is 6.35. The van der Waals surface area contributed by atoms with Gasteiger partial charge in [-0.3, -0.25) is 9.36 Å². The maximum atomic E-state index is 12.0. The zero-order valence-corrected chi connectivity index (χ0v) is 26.4. The summed E-state index contributed by atoms with van der Waals surface area (Å²) in [6.07, 6.45) is 28.9. The Balaban J connectivity index is 4.03. The van der Waals surface area contributed by atoms with E-state index in [2.05, 4.69) is 67.7 Å². The van der Waals surface area contributed by atoms with E-state index in [9.17, 15) is 14.3 Å². The molecule has 0 bridgehead atoms. The smallest absolute Gasteiger partial charge is 0.305 e. The lowest BCUT2D eigenvalue weighted by Gasteiger charge is -2.28. The molecule has 0 saturated carbocycles. The van der Waals surface area contributed by atoms with Crippen LogP contribution in [0.3, 0.4) is 0 Å². The normalized spacial score (nSPS) is 15.2. The van der Waals surface area contributed by atoms with Gasteiger partial charge in [0.2, 0.25) is 0 Å². The molecule has 0 aliphatic heterocycles. The number of hydrogen-bond donors (Lipinski definition) is 0. The molecule has 2 atom stereocenters.